The zero-order valence-corrected chi connectivity index (χ0v) is 36.3. The van der Waals surface area contributed by atoms with Crippen molar-refractivity contribution in [1.29, 1.82) is 0 Å². The van der Waals surface area contributed by atoms with Crippen LogP contribution in [-0.4, -0.2) is 315 Å². The Morgan fingerprint density at radius 2 is 0.414 bits per heavy atom. The van der Waals surface area contributed by atoms with Gasteiger partial charge in [-0.3, -0.25) is 9.59 Å². The standard InChI is InChI=1S/C38H60O32/c39-3-9-29-18(50)24(56)36(62-9)69-31-11(5-41)64-38(26(58)20(31)52)70-32-12(6-42)63-37(25(57)19(32)51)68-30-10(4-40)61-35(23(55)17(30)49)66-28-8(2-14(45)46)59-33(21(53)15(28)47)65-27-7(1-13(43)44)60-34(67-29)22(54)16(27)48/h7-12,15-42,47-58H,1-6H2,(H,43,44)(H,45,46)/t7-,8-,9-,10-,11-,12-,15-,16-,17-,18-,19-,20-,21-,22-,23-,24-,25-,26-,27-,28-,29-,30-,31-,32-,33-,34-,35-,36-,37-,38-/m1/s1. The molecule has 0 saturated carbocycles. The number of carbonyl (C=O) groups is 2. The molecule has 0 spiro atoms. The molecule has 22 saturated heterocycles. The van der Waals surface area contributed by atoms with E-state index in [9.17, 15) is 102 Å². The summed E-state index contributed by atoms with van der Waals surface area (Å²) in [7, 11) is 0. The Kier molecular flexibility index (Phi) is 18.4. The van der Waals surface area contributed by atoms with Gasteiger partial charge in [-0.25, -0.2) is 0 Å². The Morgan fingerprint density at radius 1 is 0.257 bits per heavy atom. The quantitative estimate of drug-likeness (QED) is 0.107. The fraction of sp³-hybridized carbons (Fsp3) is 0.947. The summed E-state index contributed by atoms with van der Waals surface area (Å²) < 4.78 is 67.8. The number of aliphatic hydroxyl groups excluding tert-OH is 16. The van der Waals surface area contributed by atoms with Crippen molar-refractivity contribution < 1.29 is 158 Å². The Morgan fingerprint density at radius 3 is 0.571 bits per heavy atom. The highest BCUT2D eigenvalue weighted by molar-refractivity contribution is 5.68. The van der Waals surface area contributed by atoms with Crippen LogP contribution in [-0.2, 0) is 66.4 Å². The molecule has 70 heavy (non-hydrogen) atoms. The average molecular weight is 1030 g/mol. The molecule has 22 heterocycles. The molecule has 22 fully saturated rings. The maximum absolute atomic E-state index is 12.0. The van der Waals surface area contributed by atoms with Crippen molar-refractivity contribution in [2.45, 2.75) is 197 Å². The summed E-state index contributed by atoms with van der Waals surface area (Å²) in [5.74, 6) is -3.23. The number of aliphatic carboxylic acids is 2. The number of aliphatic hydroxyl groups is 16. The van der Waals surface area contributed by atoms with Crippen molar-refractivity contribution in [2.24, 2.45) is 0 Å². The van der Waals surface area contributed by atoms with Crippen LogP contribution in [0.2, 0.25) is 0 Å². The first-order valence-electron chi connectivity index (χ1n) is 22.0. The molecule has 404 valence electrons. The fourth-order valence-electron chi connectivity index (χ4n) is 9.31. The van der Waals surface area contributed by atoms with Gasteiger partial charge in [0.15, 0.2) is 37.7 Å². The van der Waals surface area contributed by atoms with E-state index < -0.39 is 235 Å². The van der Waals surface area contributed by atoms with E-state index in [1.54, 1.807) is 0 Å². The fourth-order valence-corrected chi connectivity index (χ4v) is 9.31. The number of hydrogen-bond donors (Lipinski definition) is 18. The van der Waals surface area contributed by atoms with Gasteiger partial charge in [0.2, 0.25) is 0 Å². The van der Waals surface area contributed by atoms with Crippen LogP contribution < -0.4 is 0 Å². The highest BCUT2D eigenvalue weighted by atomic mass is 16.8. The van der Waals surface area contributed by atoms with Gasteiger partial charge in [-0.05, 0) is 0 Å². The van der Waals surface area contributed by atoms with Gasteiger partial charge in [0.25, 0.3) is 0 Å². The van der Waals surface area contributed by atoms with Gasteiger partial charge in [-0.2, -0.15) is 0 Å². The third-order valence-electron chi connectivity index (χ3n) is 13.1. The first kappa shape index (κ1) is 55.6. The third kappa shape index (κ3) is 11.1. The van der Waals surface area contributed by atoms with Crippen molar-refractivity contribution >= 4 is 11.9 Å². The summed E-state index contributed by atoms with van der Waals surface area (Å²) >= 11 is 0. The zero-order valence-electron chi connectivity index (χ0n) is 36.3. The largest absolute Gasteiger partial charge is 0.481 e. The summed E-state index contributed by atoms with van der Waals surface area (Å²) in [6.07, 6.45) is -63.8. The van der Waals surface area contributed by atoms with Crippen LogP contribution in [0.15, 0.2) is 0 Å². The number of carboxylic acids is 2. The van der Waals surface area contributed by atoms with E-state index in [-0.39, 0.29) is 0 Å². The van der Waals surface area contributed by atoms with Crippen molar-refractivity contribution in [3.63, 3.8) is 0 Å². The van der Waals surface area contributed by atoms with E-state index in [2.05, 4.69) is 0 Å². The number of rotatable bonds is 8. The second kappa shape index (κ2) is 23.2. The monoisotopic (exact) mass is 1030 g/mol. The minimum Gasteiger partial charge on any atom is -0.481 e. The zero-order chi connectivity index (χ0) is 51.2. The Bertz CT molecular complexity index is 1690. The smallest absolute Gasteiger partial charge is 0.306 e. The molecule has 0 aliphatic carbocycles. The SMILES string of the molecule is O=C(O)C[C@H]1O[C@@H]2O[C@H]3[C@H](O)[C@@H](O)[C@@H](O[C@H]4[C@H](O)[C@@H](O)[C@@H](O[C@H]5[C@H](O)[C@@H](O)[C@@H](O[C@H]6[C@H](O)[C@@H](O)[C@@H](O[C@H]7[C@H](O)[C@@H](O)[C@@H](O[C@H]1[C@H](O)[C@H]2O)O[C@@H]7CO)O[C@@H]6CO)O[C@@H]5CO)O[C@@H]4CO)O[C@@H]3CC(=O)O. The van der Waals surface area contributed by atoms with E-state index in [0.29, 0.717) is 0 Å². The molecule has 22 rings (SSSR count). The normalized spacial score (nSPS) is 52.7. The van der Waals surface area contributed by atoms with Crippen LogP contribution in [0.4, 0.5) is 0 Å². The molecule has 30 atom stereocenters. The second-order valence-corrected chi connectivity index (χ2v) is 17.7. The lowest BCUT2D eigenvalue weighted by atomic mass is 9.93. The van der Waals surface area contributed by atoms with Crippen LogP contribution in [0.3, 0.4) is 0 Å². The predicted octanol–water partition coefficient (Wildman–Crippen LogP) is -12.1. The molecular formula is C38H60O32. The van der Waals surface area contributed by atoms with Crippen molar-refractivity contribution in [3.8, 4) is 0 Å². The van der Waals surface area contributed by atoms with Crippen molar-refractivity contribution in [2.75, 3.05) is 26.4 Å². The van der Waals surface area contributed by atoms with E-state index in [4.69, 9.17) is 56.8 Å². The maximum atomic E-state index is 12.0. The number of ether oxygens (including phenoxy) is 12. The molecular weight excluding hydrogens is 968 g/mol. The summed E-state index contributed by atoms with van der Waals surface area (Å²) in [6.45, 7) is -4.20. The molecule has 0 aromatic rings. The van der Waals surface area contributed by atoms with Gasteiger partial charge in [-0.1, -0.05) is 0 Å². The van der Waals surface area contributed by atoms with Crippen LogP contribution in [0.5, 0.6) is 0 Å². The Balaban J connectivity index is 1.22. The lowest BCUT2D eigenvalue weighted by molar-refractivity contribution is -0.403. The summed E-state index contributed by atoms with van der Waals surface area (Å²) in [5.41, 5.74) is 0. The summed E-state index contributed by atoms with van der Waals surface area (Å²) in [6, 6.07) is 0. The Hall–Kier alpha value is -2.18. The molecule has 32 nitrogen and oxygen atoms in total. The number of hydrogen-bond acceptors (Lipinski definition) is 30. The van der Waals surface area contributed by atoms with E-state index in [0.717, 1.165) is 0 Å². The summed E-state index contributed by atoms with van der Waals surface area (Å²) in [5, 5.41) is 196. The Labute approximate surface area is 393 Å². The molecule has 0 amide bonds. The topological polar surface area (TPSA) is 509 Å². The van der Waals surface area contributed by atoms with E-state index >= 15 is 0 Å². The van der Waals surface area contributed by atoms with Crippen LogP contribution >= 0.6 is 0 Å². The molecule has 0 aromatic carbocycles. The second-order valence-electron chi connectivity index (χ2n) is 17.7. The molecule has 22 aliphatic heterocycles. The van der Waals surface area contributed by atoms with Gasteiger partial charge in [0.05, 0.1) is 39.3 Å². The van der Waals surface area contributed by atoms with E-state index in [1.165, 1.54) is 0 Å². The van der Waals surface area contributed by atoms with Crippen LogP contribution in [0.25, 0.3) is 0 Å². The molecule has 22 aliphatic rings. The molecule has 32 heteroatoms. The highest BCUT2D eigenvalue weighted by Crippen LogP contribution is 2.38. The lowest BCUT2D eigenvalue weighted by Crippen LogP contribution is -2.69. The lowest BCUT2D eigenvalue weighted by Gasteiger charge is -2.50. The third-order valence-corrected chi connectivity index (χ3v) is 13.1. The van der Waals surface area contributed by atoms with Crippen LogP contribution in [0, 0.1) is 0 Å². The number of carboxylic acid groups (broad SMARTS) is 2. The molecule has 12 bridgehead atoms. The first-order chi connectivity index (χ1) is 33.1. The maximum Gasteiger partial charge on any atom is 0.306 e. The van der Waals surface area contributed by atoms with Gasteiger partial charge in [0.1, 0.15) is 146 Å². The van der Waals surface area contributed by atoms with Gasteiger partial charge >= 0.3 is 11.9 Å². The van der Waals surface area contributed by atoms with Gasteiger partial charge in [0, 0.05) is 0 Å². The minimum atomic E-state index is -2.31. The van der Waals surface area contributed by atoms with E-state index in [1.807, 2.05) is 0 Å². The van der Waals surface area contributed by atoms with Crippen molar-refractivity contribution in [1.82, 2.24) is 0 Å². The molecule has 0 radical (unpaired) electrons. The van der Waals surface area contributed by atoms with Crippen molar-refractivity contribution in [3.05, 3.63) is 0 Å². The molecule has 0 unspecified atom stereocenters. The minimum absolute atomic E-state index is 1.03. The molecule has 18 N–H and O–H groups in total. The van der Waals surface area contributed by atoms with Gasteiger partial charge in [-0.15, -0.1) is 0 Å². The van der Waals surface area contributed by atoms with Crippen LogP contribution in [0.1, 0.15) is 12.8 Å². The van der Waals surface area contributed by atoms with Gasteiger partial charge < -0.3 is 149 Å². The first-order valence-corrected chi connectivity index (χ1v) is 22.0. The predicted molar refractivity (Wildman–Crippen MR) is 206 cm³/mol. The molecule has 0 aromatic heterocycles. The summed E-state index contributed by atoms with van der Waals surface area (Å²) in [4.78, 5) is 24.1. The average Bonchev–Trinajstić information content (AvgIpc) is 3.32. The highest BCUT2D eigenvalue weighted by Gasteiger charge is 2.59.